The monoisotopic (exact) mass is 568 g/mol. The Bertz CT molecular complexity index is 1170. The molecular formula is C28H36ClF3N4O3. The van der Waals surface area contributed by atoms with Crippen molar-refractivity contribution >= 4 is 17.5 Å². The number of carbonyl (C=O) groups excluding carboxylic acids is 1. The number of carbonyl (C=O) groups is 1. The molecule has 0 N–H and O–H groups in total. The molecule has 1 aromatic heterocycles. The summed E-state index contributed by atoms with van der Waals surface area (Å²) in [5.74, 6) is 0.486. The van der Waals surface area contributed by atoms with Gasteiger partial charge in [0.1, 0.15) is 18.0 Å². The van der Waals surface area contributed by atoms with E-state index in [1.807, 2.05) is 13.8 Å². The van der Waals surface area contributed by atoms with Gasteiger partial charge in [0.25, 0.3) is 0 Å². The van der Waals surface area contributed by atoms with Crippen LogP contribution in [0.15, 0.2) is 48.2 Å². The number of ether oxygens (including phenoxy) is 2. The molecule has 7 nitrogen and oxygen atoms in total. The lowest BCUT2D eigenvalue weighted by Gasteiger charge is -2.37. The SMILES string of the molecule is CC.COc1ccc(-c2nn(CC(=O)N3CCN(C4=CC(OC)CC(C)C=C4)CC3)c(C(F)(F)F)c2Cl)cc1. The van der Waals surface area contributed by atoms with Crippen LogP contribution in [-0.2, 0) is 22.3 Å². The van der Waals surface area contributed by atoms with E-state index in [1.54, 1.807) is 36.3 Å². The standard InChI is InChI=1S/C26H30ClF3N4O3.C2H6/c1-17-4-7-19(15-21(14-17)37-3)32-10-12-33(13-11-32)22(35)16-34-25(26(28,29)30)23(27)24(31-34)18-5-8-20(36-2)9-6-18;1-2/h4-9,15,17,21H,10-14,16H2,1-3H3;1-2H3. The van der Waals surface area contributed by atoms with Crippen LogP contribution in [-0.4, -0.2) is 72.0 Å². The summed E-state index contributed by atoms with van der Waals surface area (Å²) in [6.45, 7) is 7.48. The Hall–Kier alpha value is -2.98. The van der Waals surface area contributed by atoms with Crippen molar-refractivity contribution in [1.29, 1.82) is 0 Å². The van der Waals surface area contributed by atoms with Gasteiger partial charge in [-0.15, -0.1) is 0 Å². The minimum Gasteiger partial charge on any atom is -0.497 e. The fourth-order valence-corrected chi connectivity index (χ4v) is 4.95. The van der Waals surface area contributed by atoms with Gasteiger partial charge in [0, 0.05) is 44.5 Å². The Morgan fingerprint density at radius 3 is 2.31 bits per heavy atom. The van der Waals surface area contributed by atoms with Crippen LogP contribution in [0.1, 0.15) is 32.9 Å². The zero-order valence-corrected chi connectivity index (χ0v) is 23.7. The van der Waals surface area contributed by atoms with Crippen LogP contribution >= 0.6 is 11.6 Å². The molecule has 0 spiro atoms. The maximum atomic E-state index is 13.9. The summed E-state index contributed by atoms with van der Waals surface area (Å²) in [6.07, 6.45) is 2.42. The lowest BCUT2D eigenvalue weighted by Crippen LogP contribution is -2.49. The van der Waals surface area contributed by atoms with Gasteiger partial charge in [-0.1, -0.05) is 38.4 Å². The Morgan fingerprint density at radius 1 is 1.10 bits per heavy atom. The maximum absolute atomic E-state index is 13.9. The number of piperazine rings is 1. The number of nitrogens with zero attached hydrogens (tertiary/aromatic N) is 4. The largest absolute Gasteiger partial charge is 0.497 e. The van der Waals surface area contributed by atoms with Gasteiger partial charge < -0.3 is 19.3 Å². The number of alkyl halides is 3. The van der Waals surface area contributed by atoms with Gasteiger partial charge in [0.05, 0.1) is 18.2 Å². The van der Waals surface area contributed by atoms with Crippen LogP contribution < -0.4 is 4.74 Å². The fraction of sp³-hybridized carbons (Fsp3) is 0.500. The molecular weight excluding hydrogens is 533 g/mol. The van der Waals surface area contributed by atoms with Crippen LogP contribution in [0.4, 0.5) is 13.2 Å². The highest BCUT2D eigenvalue weighted by Gasteiger charge is 2.40. The summed E-state index contributed by atoms with van der Waals surface area (Å²) in [5, 5.41) is 3.56. The first-order valence-electron chi connectivity index (χ1n) is 13.0. The Morgan fingerprint density at radius 2 is 1.74 bits per heavy atom. The van der Waals surface area contributed by atoms with Crippen molar-refractivity contribution in [3.05, 3.63) is 58.9 Å². The van der Waals surface area contributed by atoms with Crippen molar-refractivity contribution in [2.24, 2.45) is 5.92 Å². The second-order valence-electron chi connectivity index (χ2n) is 9.20. The van der Waals surface area contributed by atoms with Crippen molar-refractivity contribution in [2.45, 2.75) is 46.0 Å². The van der Waals surface area contributed by atoms with Crippen LogP contribution in [0.2, 0.25) is 5.02 Å². The van der Waals surface area contributed by atoms with Crippen LogP contribution in [0.25, 0.3) is 11.3 Å². The smallest absolute Gasteiger partial charge is 0.434 e. The van der Waals surface area contributed by atoms with Gasteiger partial charge in [-0.25, -0.2) is 4.68 Å². The molecule has 2 unspecified atom stereocenters. The van der Waals surface area contributed by atoms with Crippen molar-refractivity contribution in [3.8, 4) is 17.0 Å². The number of methoxy groups -OCH3 is 2. The highest BCUT2D eigenvalue weighted by Crippen LogP contribution is 2.40. The van der Waals surface area contributed by atoms with Crippen molar-refractivity contribution < 1.29 is 27.4 Å². The summed E-state index contributed by atoms with van der Waals surface area (Å²) in [4.78, 5) is 16.8. The number of aromatic nitrogens is 2. The molecule has 2 atom stereocenters. The summed E-state index contributed by atoms with van der Waals surface area (Å²) >= 11 is 6.15. The first-order valence-corrected chi connectivity index (χ1v) is 13.4. The molecule has 0 radical (unpaired) electrons. The van der Waals surface area contributed by atoms with E-state index < -0.39 is 29.3 Å². The zero-order valence-electron chi connectivity index (χ0n) is 23.0. The Balaban J connectivity index is 0.00000205. The quantitative estimate of drug-likeness (QED) is 0.434. The third kappa shape index (κ3) is 7.36. The molecule has 2 aromatic rings. The summed E-state index contributed by atoms with van der Waals surface area (Å²) in [5.41, 5.74) is 0.249. The first-order chi connectivity index (χ1) is 18.6. The van der Waals surface area contributed by atoms with E-state index in [2.05, 4.69) is 35.2 Å². The molecule has 2 aliphatic rings. The van der Waals surface area contributed by atoms with Gasteiger partial charge in [0.2, 0.25) is 5.91 Å². The van der Waals surface area contributed by atoms with E-state index in [9.17, 15) is 18.0 Å². The number of benzene rings is 1. The topological polar surface area (TPSA) is 59.8 Å². The third-order valence-corrected chi connectivity index (χ3v) is 7.03. The minimum atomic E-state index is -4.78. The van der Waals surface area contributed by atoms with E-state index >= 15 is 0 Å². The molecule has 1 aliphatic carbocycles. The summed E-state index contributed by atoms with van der Waals surface area (Å²) in [6, 6.07) is 6.36. The highest BCUT2D eigenvalue weighted by molar-refractivity contribution is 6.33. The molecule has 0 bridgehead atoms. The average Bonchev–Trinajstić information content (AvgIpc) is 3.14. The summed E-state index contributed by atoms with van der Waals surface area (Å²) in [7, 11) is 3.18. The van der Waals surface area contributed by atoms with Crippen molar-refractivity contribution in [2.75, 3.05) is 40.4 Å². The average molecular weight is 569 g/mol. The molecule has 4 rings (SSSR count). The number of halogens is 4. The lowest BCUT2D eigenvalue weighted by atomic mass is 10.1. The highest BCUT2D eigenvalue weighted by atomic mass is 35.5. The Labute approximate surface area is 232 Å². The minimum absolute atomic E-state index is 0.00455. The van der Waals surface area contributed by atoms with E-state index in [-0.39, 0.29) is 11.8 Å². The van der Waals surface area contributed by atoms with Gasteiger partial charge in [-0.2, -0.15) is 18.3 Å². The molecule has 39 heavy (non-hydrogen) atoms. The fourth-order valence-electron chi connectivity index (χ4n) is 4.60. The van der Waals surface area contributed by atoms with Gasteiger partial charge in [-0.05, 0) is 48.8 Å². The molecule has 1 saturated heterocycles. The van der Waals surface area contributed by atoms with Gasteiger partial charge in [0.15, 0.2) is 5.69 Å². The molecule has 1 aliphatic heterocycles. The predicted molar refractivity (Wildman–Crippen MR) is 146 cm³/mol. The van der Waals surface area contributed by atoms with Gasteiger partial charge in [-0.3, -0.25) is 4.79 Å². The number of amides is 1. The second kappa shape index (κ2) is 13.4. The third-order valence-electron chi connectivity index (χ3n) is 6.67. The molecule has 1 aromatic carbocycles. The normalized spacial score (nSPS) is 19.7. The van der Waals surface area contributed by atoms with E-state index in [4.69, 9.17) is 21.1 Å². The van der Waals surface area contributed by atoms with Crippen molar-refractivity contribution in [1.82, 2.24) is 19.6 Å². The Kier molecular flexibility index (Phi) is 10.5. The van der Waals surface area contributed by atoms with E-state index in [0.29, 0.717) is 48.1 Å². The lowest BCUT2D eigenvalue weighted by molar-refractivity contribution is -0.146. The molecule has 11 heteroatoms. The molecule has 1 amide bonds. The zero-order chi connectivity index (χ0) is 28.7. The maximum Gasteiger partial charge on any atom is 0.434 e. The number of hydrogen-bond donors (Lipinski definition) is 0. The number of allylic oxidation sites excluding steroid dienone is 2. The first kappa shape index (κ1) is 30.6. The molecule has 2 heterocycles. The number of hydrogen-bond acceptors (Lipinski definition) is 5. The number of rotatable bonds is 6. The summed E-state index contributed by atoms with van der Waals surface area (Å²) < 4.78 is 53.0. The molecule has 0 saturated carbocycles. The second-order valence-corrected chi connectivity index (χ2v) is 9.58. The van der Waals surface area contributed by atoms with Crippen LogP contribution in [0.3, 0.4) is 0 Å². The van der Waals surface area contributed by atoms with Gasteiger partial charge >= 0.3 is 6.18 Å². The molecule has 214 valence electrons. The predicted octanol–water partition coefficient (Wildman–Crippen LogP) is 5.90. The van der Waals surface area contributed by atoms with Crippen molar-refractivity contribution in [3.63, 3.8) is 0 Å². The molecule has 1 fully saturated rings. The van der Waals surface area contributed by atoms with E-state index in [0.717, 1.165) is 12.1 Å². The van der Waals surface area contributed by atoms with Crippen LogP contribution in [0, 0.1) is 5.92 Å². The van der Waals surface area contributed by atoms with Crippen LogP contribution in [0.5, 0.6) is 5.75 Å². The van der Waals surface area contributed by atoms with E-state index in [1.165, 1.54) is 7.11 Å².